The number of ether oxygens (including phenoxy) is 1. The fourth-order valence-corrected chi connectivity index (χ4v) is 2.85. The fourth-order valence-electron chi connectivity index (χ4n) is 2.85. The largest absolute Gasteiger partial charge is 0.493 e. The van der Waals surface area contributed by atoms with Crippen LogP contribution in [0, 0.1) is 0 Å². The summed E-state index contributed by atoms with van der Waals surface area (Å²) in [7, 11) is 2.18. The second-order valence-electron chi connectivity index (χ2n) is 4.90. The van der Waals surface area contributed by atoms with Gasteiger partial charge in [0.25, 0.3) is 0 Å². The van der Waals surface area contributed by atoms with Crippen molar-refractivity contribution >= 4 is 0 Å². The third kappa shape index (κ3) is 2.38. The van der Waals surface area contributed by atoms with E-state index in [-0.39, 0.29) is 6.61 Å². The van der Waals surface area contributed by atoms with E-state index < -0.39 is 0 Å². The number of aliphatic hydroxyl groups is 1. The fraction of sp³-hybridized carbons (Fsp3) is 0.600. The maximum absolute atomic E-state index is 9.43. The van der Waals surface area contributed by atoms with Crippen molar-refractivity contribution in [2.24, 2.45) is 0 Å². The molecule has 1 aliphatic heterocycles. The van der Waals surface area contributed by atoms with Crippen LogP contribution in [0.4, 0.5) is 0 Å². The number of likely N-dealkylation sites (N-methyl/N-ethyl adjacent to an activating group) is 1. The van der Waals surface area contributed by atoms with Gasteiger partial charge in [0.05, 0.1) is 13.2 Å². The van der Waals surface area contributed by atoms with Crippen molar-refractivity contribution in [2.75, 3.05) is 20.2 Å². The summed E-state index contributed by atoms with van der Waals surface area (Å²) < 4.78 is 5.64. The zero-order chi connectivity index (χ0) is 13.1. The van der Waals surface area contributed by atoms with Gasteiger partial charge in [0, 0.05) is 18.2 Å². The molecule has 0 bridgehead atoms. The minimum atomic E-state index is 0.0508. The molecule has 1 heterocycles. The van der Waals surface area contributed by atoms with E-state index in [1.165, 1.54) is 11.1 Å². The molecule has 2 rings (SSSR count). The molecular weight excluding hydrogens is 226 g/mol. The monoisotopic (exact) mass is 249 g/mol. The quantitative estimate of drug-likeness (QED) is 0.890. The highest BCUT2D eigenvalue weighted by Crippen LogP contribution is 2.35. The molecule has 1 atom stereocenters. The first kappa shape index (κ1) is 13.4. The predicted molar refractivity (Wildman–Crippen MR) is 72.9 cm³/mol. The number of rotatable bonds is 4. The Bertz CT molecular complexity index is 417. The van der Waals surface area contributed by atoms with Crippen molar-refractivity contribution in [1.82, 2.24) is 4.90 Å². The topological polar surface area (TPSA) is 32.7 Å². The first-order valence-corrected chi connectivity index (χ1v) is 6.80. The number of benzene rings is 1. The van der Waals surface area contributed by atoms with E-state index in [1.54, 1.807) is 0 Å². The third-order valence-electron chi connectivity index (χ3n) is 3.80. The molecule has 3 nitrogen and oxygen atoms in total. The SMILES string of the molecule is CCOc1cc2c(cc1CO)CCN(C)C2CC. The van der Waals surface area contributed by atoms with Crippen molar-refractivity contribution in [2.45, 2.75) is 39.3 Å². The zero-order valence-corrected chi connectivity index (χ0v) is 11.6. The summed E-state index contributed by atoms with van der Waals surface area (Å²) in [4.78, 5) is 2.40. The van der Waals surface area contributed by atoms with Gasteiger partial charge in [-0.3, -0.25) is 4.90 Å². The summed E-state index contributed by atoms with van der Waals surface area (Å²) in [6.07, 6.45) is 2.16. The average molecular weight is 249 g/mol. The van der Waals surface area contributed by atoms with E-state index >= 15 is 0 Å². The molecule has 0 aliphatic carbocycles. The predicted octanol–water partition coefficient (Wildman–Crippen LogP) is 2.52. The van der Waals surface area contributed by atoms with Crippen LogP contribution in [-0.2, 0) is 13.0 Å². The Morgan fingerprint density at radius 1 is 1.39 bits per heavy atom. The molecule has 18 heavy (non-hydrogen) atoms. The van der Waals surface area contributed by atoms with Crippen molar-refractivity contribution in [3.8, 4) is 5.75 Å². The maximum Gasteiger partial charge on any atom is 0.125 e. The van der Waals surface area contributed by atoms with E-state index in [0.29, 0.717) is 12.6 Å². The molecule has 100 valence electrons. The lowest BCUT2D eigenvalue weighted by Gasteiger charge is -2.34. The molecule has 0 saturated carbocycles. The van der Waals surface area contributed by atoms with Gasteiger partial charge in [-0.25, -0.2) is 0 Å². The normalized spacial score (nSPS) is 19.7. The lowest BCUT2D eigenvalue weighted by Crippen LogP contribution is -2.32. The highest BCUT2D eigenvalue weighted by atomic mass is 16.5. The van der Waals surface area contributed by atoms with Crippen LogP contribution in [0.5, 0.6) is 5.75 Å². The van der Waals surface area contributed by atoms with Gasteiger partial charge in [0.1, 0.15) is 5.75 Å². The lowest BCUT2D eigenvalue weighted by atomic mass is 9.89. The van der Waals surface area contributed by atoms with Gasteiger partial charge in [0.2, 0.25) is 0 Å². The molecule has 0 radical (unpaired) electrons. The van der Waals surface area contributed by atoms with Crippen molar-refractivity contribution in [1.29, 1.82) is 0 Å². The molecular formula is C15H23NO2. The van der Waals surface area contributed by atoms with Crippen molar-refractivity contribution < 1.29 is 9.84 Å². The second kappa shape index (κ2) is 5.72. The molecule has 0 spiro atoms. The molecule has 1 aromatic carbocycles. The summed E-state index contributed by atoms with van der Waals surface area (Å²) in [6.45, 7) is 5.97. The smallest absolute Gasteiger partial charge is 0.125 e. The number of aliphatic hydroxyl groups excluding tert-OH is 1. The van der Waals surface area contributed by atoms with Gasteiger partial charge >= 0.3 is 0 Å². The summed E-state index contributed by atoms with van der Waals surface area (Å²) in [5.41, 5.74) is 3.65. The van der Waals surface area contributed by atoms with E-state index in [2.05, 4.69) is 31.0 Å². The van der Waals surface area contributed by atoms with Crippen LogP contribution in [0.25, 0.3) is 0 Å². The highest BCUT2D eigenvalue weighted by Gasteiger charge is 2.24. The highest BCUT2D eigenvalue weighted by molar-refractivity contribution is 5.45. The average Bonchev–Trinajstić information content (AvgIpc) is 2.38. The third-order valence-corrected chi connectivity index (χ3v) is 3.80. The number of fused-ring (bicyclic) bond motifs is 1. The Morgan fingerprint density at radius 2 is 2.17 bits per heavy atom. The summed E-state index contributed by atoms with van der Waals surface area (Å²) in [5.74, 6) is 0.840. The molecule has 3 heteroatoms. The van der Waals surface area contributed by atoms with Gasteiger partial charge < -0.3 is 9.84 Å². The van der Waals surface area contributed by atoms with Crippen LogP contribution in [-0.4, -0.2) is 30.2 Å². The van der Waals surface area contributed by atoms with E-state index in [1.807, 2.05) is 6.92 Å². The maximum atomic E-state index is 9.43. The Morgan fingerprint density at radius 3 is 2.78 bits per heavy atom. The summed E-state index contributed by atoms with van der Waals surface area (Å²) >= 11 is 0. The van der Waals surface area contributed by atoms with Crippen LogP contribution in [0.15, 0.2) is 12.1 Å². The lowest BCUT2D eigenvalue weighted by molar-refractivity contribution is 0.222. The van der Waals surface area contributed by atoms with Crippen LogP contribution in [0.3, 0.4) is 0 Å². The van der Waals surface area contributed by atoms with E-state index in [9.17, 15) is 5.11 Å². The Hall–Kier alpha value is -1.06. The molecule has 1 aliphatic rings. The van der Waals surface area contributed by atoms with Crippen LogP contribution >= 0.6 is 0 Å². The Kier molecular flexibility index (Phi) is 4.25. The summed E-state index contributed by atoms with van der Waals surface area (Å²) in [6, 6.07) is 4.73. The Labute approximate surface area is 109 Å². The molecule has 1 N–H and O–H groups in total. The number of hydrogen-bond donors (Lipinski definition) is 1. The van der Waals surface area contributed by atoms with E-state index in [4.69, 9.17) is 4.74 Å². The van der Waals surface area contributed by atoms with Gasteiger partial charge in [-0.15, -0.1) is 0 Å². The first-order chi connectivity index (χ1) is 8.71. The molecule has 1 unspecified atom stereocenters. The van der Waals surface area contributed by atoms with Gasteiger partial charge in [-0.05, 0) is 50.1 Å². The van der Waals surface area contributed by atoms with Gasteiger partial charge in [-0.1, -0.05) is 6.92 Å². The minimum Gasteiger partial charge on any atom is -0.493 e. The van der Waals surface area contributed by atoms with Gasteiger partial charge in [-0.2, -0.15) is 0 Å². The summed E-state index contributed by atoms with van der Waals surface area (Å²) in [5, 5.41) is 9.43. The first-order valence-electron chi connectivity index (χ1n) is 6.80. The van der Waals surface area contributed by atoms with Crippen LogP contribution < -0.4 is 4.74 Å². The molecule has 0 amide bonds. The molecule has 1 aromatic rings. The number of hydrogen-bond acceptors (Lipinski definition) is 3. The van der Waals surface area contributed by atoms with Gasteiger partial charge in [0.15, 0.2) is 0 Å². The van der Waals surface area contributed by atoms with Crippen molar-refractivity contribution in [3.63, 3.8) is 0 Å². The number of nitrogens with zero attached hydrogens (tertiary/aromatic N) is 1. The second-order valence-corrected chi connectivity index (χ2v) is 4.90. The van der Waals surface area contributed by atoms with E-state index in [0.717, 1.165) is 30.7 Å². The minimum absolute atomic E-state index is 0.0508. The van der Waals surface area contributed by atoms with Crippen LogP contribution in [0.1, 0.15) is 43.0 Å². The zero-order valence-electron chi connectivity index (χ0n) is 11.6. The Balaban J connectivity index is 2.44. The molecule has 0 saturated heterocycles. The van der Waals surface area contributed by atoms with Crippen LogP contribution in [0.2, 0.25) is 0 Å². The molecule has 0 aromatic heterocycles. The van der Waals surface area contributed by atoms with Crippen molar-refractivity contribution in [3.05, 3.63) is 28.8 Å². The standard InChI is InChI=1S/C15H23NO2/c1-4-14-13-9-15(18-5-2)12(10-17)8-11(13)6-7-16(14)3/h8-9,14,17H,4-7,10H2,1-3H3. The molecule has 0 fully saturated rings.